The number of Topliss-reactive ketones (excluding diaryl/α,β-unsaturated/α-hetero) is 1. The van der Waals surface area contributed by atoms with Crippen molar-refractivity contribution in [3.05, 3.63) is 35.1 Å². The Bertz CT molecular complexity index is 477. The molecule has 0 bridgehead atoms. The third-order valence-corrected chi connectivity index (χ3v) is 1.73. The molecule has 1 aromatic carbocycles. The van der Waals surface area contributed by atoms with Gasteiger partial charge in [0.15, 0.2) is 0 Å². The number of ketones is 1. The summed E-state index contributed by atoms with van der Waals surface area (Å²) in [4.78, 5) is 11.2. The molecule has 0 spiro atoms. The molecule has 0 radical (unpaired) electrons. The summed E-state index contributed by atoms with van der Waals surface area (Å²) in [6, 6.07) is 1.63. The van der Waals surface area contributed by atoms with Crippen LogP contribution in [0.5, 0.6) is 0 Å². The van der Waals surface area contributed by atoms with Crippen LogP contribution in [0.1, 0.15) is 22.8 Å². The number of benzene rings is 1. The van der Waals surface area contributed by atoms with Crippen LogP contribution < -0.4 is 0 Å². The lowest BCUT2D eigenvalue weighted by molar-refractivity contribution is -0.137. The van der Waals surface area contributed by atoms with Crippen LogP contribution in [0.25, 0.3) is 0 Å². The SMILES string of the molecule is CC#CC(=O)c1cc(F)cc(C(F)(F)F)c1. The molecule has 0 aliphatic heterocycles. The van der Waals surface area contributed by atoms with Gasteiger partial charge in [-0.3, -0.25) is 4.79 Å². The number of carbonyl (C=O) groups is 1. The number of carbonyl (C=O) groups excluding carboxylic acids is 1. The molecule has 0 aliphatic carbocycles. The molecular formula is C11H6F4O. The molecular weight excluding hydrogens is 224 g/mol. The third kappa shape index (κ3) is 2.83. The van der Waals surface area contributed by atoms with Crippen molar-refractivity contribution in [1.82, 2.24) is 0 Å². The molecule has 0 heterocycles. The maximum absolute atomic E-state index is 12.9. The van der Waals surface area contributed by atoms with E-state index in [1.165, 1.54) is 6.92 Å². The van der Waals surface area contributed by atoms with Gasteiger partial charge in [-0.05, 0) is 31.0 Å². The second-order valence-corrected chi connectivity index (χ2v) is 2.93. The van der Waals surface area contributed by atoms with Crippen molar-refractivity contribution < 1.29 is 22.4 Å². The predicted molar refractivity (Wildman–Crippen MR) is 49.2 cm³/mol. The smallest absolute Gasteiger partial charge is 0.279 e. The van der Waals surface area contributed by atoms with Gasteiger partial charge in [0.1, 0.15) is 5.82 Å². The highest BCUT2D eigenvalue weighted by atomic mass is 19.4. The molecule has 0 unspecified atom stereocenters. The summed E-state index contributed by atoms with van der Waals surface area (Å²) in [7, 11) is 0. The van der Waals surface area contributed by atoms with Gasteiger partial charge in [-0.15, -0.1) is 0 Å². The molecule has 0 saturated heterocycles. The molecule has 1 aromatic rings. The van der Waals surface area contributed by atoms with Gasteiger partial charge < -0.3 is 0 Å². The van der Waals surface area contributed by atoms with E-state index in [1.807, 2.05) is 5.92 Å². The van der Waals surface area contributed by atoms with Gasteiger partial charge in [0.05, 0.1) is 5.56 Å². The number of hydrogen-bond acceptors (Lipinski definition) is 1. The van der Waals surface area contributed by atoms with Crippen LogP contribution in [0.15, 0.2) is 18.2 Å². The molecule has 84 valence electrons. The minimum absolute atomic E-state index is 0.330. The second kappa shape index (κ2) is 4.35. The Labute approximate surface area is 89.1 Å². The highest BCUT2D eigenvalue weighted by Gasteiger charge is 2.31. The topological polar surface area (TPSA) is 17.1 Å². The largest absolute Gasteiger partial charge is 0.416 e. The molecule has 0 aliphatic rings. The van der Waals surface area contributed by atoms with E-state index in [4.69, 9.17) is 0 Å². The van der Waals surface area contributed by atoms with Gasteiger partial charge in [0.2, 0.25) is 5.78 Å². The standard InChI is InChI=1S/C11H6F4O/c1-2-3-10(16)7-4-8(11(13,14)15)6-9(12)5-7/h4-6H,1H3. The van der Waals surface area contributed by atoms with Crippen molar-refractivity contribution in [2.24, 2.45) is 0 Å². The summed E-state index contributed by atoms with van der Waals surface area (Å²) >= 11 is 0. The minimum Gasteiger partial charge on any atom is -0.279 e. The van der Waals surface area contributed by atoms with Gasteiger partial charge in [-0.1, -0.05) is 5.92 Å². The Morgan fingerprint density at radius 3 is 2.38 bits per heavy atom. The van der Waals surface area contributed by atoms with Crippen molar-refractivity contribution in [2.75, 3.05) is 0 Å². The van der Waals surface area contributed by atoms with Gasteiger partial charge in [-0.2, -0.15) is 13.2 Å². The Morgan fingerprint density at radius 2 is 1.88 bits per heavy atom. The minimum atomic E-state index is -4.68. The molecule has 5 heteroatoms. The van der Waals surface area contributed by atoms with E-state index < -0.39 is 28.9 Å². The highest BCUT2D eigenvalue weighted by molar-refractivity contribution is 6.09. The van der Waals surface area contributed by atoms with Crippen molar-refractivity contribution in [2.45, 2.75) is 13.1 Å². The van der Waals surface area contributed by atoms with Crippen LogP contribution in [-0.4, -0.2) is 5.78 Å². The molecule has 0 atom stereocenters. The first-order chi connectivity index (χ1) is 7.34. The fourth-order valence-electron chi connectivity index (χ4n) is 1.07. The highest BCUT2D eigenvalue weighted by Crippen LogP contribution is 2.30. The van der Waals surface area contributed by atoms with Crippen LogP contribution in [0.2, 0.25) is 0 Å². The molecule has 0 amide bonds. The van der Waals surface area contributed by atoms with Crippen molar-refractivity contribution in [3.63, 3.8) is 0 Å². The lowest BCUT2D eigenvalue weighted by Gasteiger charge is -2.07. The summed E-state index contributed by atoms with van der Waals surface area (Å²) < 4.78 is 49.7. The number of rotatable bonds is 1. The first kappa shape index (κ1) is 12.2. The van der Waals surface area contributed by atoms with Crippen LogP contribution in [0.4, 0.5) is 17.6 Å². The Balaban J connectivity index is 3.27. The maximum Gasteiger partial charge on any atom is 0.416 e. The molecule has 0 fully saturated rings. The number of hydrogen-bond donors (Lipinski definition) is 0. The van der Waals surface area contributed by atoms with Crippen molar-refractivity contribution in [1.29, 1.82) is 0 Å². The van der Waals surface area contributed by atoms with Gasteiger partial charge in [-0.25, -0.2) is 4.39 Å². The monoisotopic (exact) mass is 230 g/mol. The second-order valence-electron chi connectivity index (χ2n) is 2.93. The summed E-state index contributed by atoms with van der Waals surface area (Å²) in [5, 5.41) is 0. The van der Waals surface area contributed by atoms with E-state index in [-0.39, 0.29) is 0 Å². The summed E-state index contributed by atoms with van der Waals surface area (Å²) in [5.74, 6) is 2.33. The summed E-state index contributed by atoms with van der Waals surface area (Å²) in [5.41, 5.74) is -1.60. The van der Waals surface area contributed by atoms with E-state index in [0.717, 1.165) is 6.07 Å². The third-order valence-electron chi connectivity index (χ3n) is 1.73. The average molecular weight is 230 g/mol. The van der Waals surface area contributed by atoms with Crippen LogP contribution in [0.3, 0.4) is 0 Å². The molecule has 1 rings (SSSR count). The van der Waals surface area contributed by atoms with Gasteiger partial charge in [0, 0.05) is 5.56 Å². The van der Waals surface area contributed by atoms with Crippen molar-refractivity contribution >= 4 is 5.78 Å². The molecule has 0 N–H and O–H groups in total. The lowest BCUT2D eigenvalue weighted by Crippen LogP contribution is -2.08. The molecule has 0 saturated carbocycles. The van der Waals surface area contributed by atoms with Gasteiger partial charge >= 0.3 is 6.18 Å². The Kier molecular flexibility index (Phi) is 3.33. The first-order valence-corrected chi connectivity index (χ1v) is 4.19. The zero-order chi connectivity index (χ0) is 12.3. The Morgan fingerprint density at radius 1 is 1.25 bits per heavy atom. The van der Waals surface area contributed by atoms with Crippen molar-refractivity contribution in [3.8, 4) is 11.8 Å². The quantitative estimate of drug-likeness (QED) is 0.313. The maximum atomic E-state index is 12.9. The first-order valence-electron chi connectivity index (χ1n) is 4.19. The summed E-state index contributed by atoms with van der Waals surface area (Å²) in [6.07, 6.45) is -4.68. The fourth-order valence-corrected chi connectivity index (χ4v) is 1.07. The normalized spacial score (nSPS) is 10.6. The number of alkyl halides is 3. The molecule has 16 heavy (non-hydrogen) atoms. The van der Waals surface area contributed by atoms with E-state index >= 15 is 0 Å². The molecule has 1 nitrogen and oxygen atoms in total. The van der Waals surface area contributed by atoms with E-state index in [1.54, 1.807) is 0 Å². The summed E-state index contributed by atoms with van der Waals surface area (Å²) in [6.45, 7) is 1.36. The molecule has 0 aromatic heterocycles. The zero-order valence-electron chi connectivity index (χ0n) is 8.15. The van der Waals surface area contributed by atoms with Gasteiger partial charge in [0.25, 0.3) is 0 Å². The van der Waals surface area contributed by atoms with Crippen LogP contribution >= 0.6 is 0 Å². The predicted octanol–water partition coefficient (Wildman–Crippen LogP) is 3.05. The van der Waals surface area contributed by atoms with Crippen LogP contribution in [0, 0.1) is 17.7 Å². The lowest BCUT2D eigenvalue weighted by atomic mass is 10.1. The van der Waals surface area contributed by atoms with E-state index in [2.05, 4.69) is 5.92 Å². The van der Waals surface area contributed by atoms with Crippen LogP contribution in [-0.2, 0) is 6.18 Å². The van der Waals surface area contributed by atoms with E-state index in [0.29, 0.717) is 12.1 Å². The zero-order valence-corrected chi connectivity index (χ0v) is 8.15. The number of halogens is 4. The van der Waals surface area contributed by atoms with E-state index in [9.17, 15) is 22.4 Å². The average Bonchev–Trinajstić information content (AvgIpc) is 2.16. The Hall–Kier alpha value is -1.83. The fraction of sp³-hybridized carbons (Fsp3) is 0.182.